The number of carbonyl (C=O) groups is 3. The van der Waals surface area contributed by atoms with Gasteiger partial charge in [-0.1, -0.05) is 12.6 Å². The summed E-state index contributed by atoms with van der Waals surface area (Å²) in [5.41, 5.74) is -0.697. The molecular weight excluding hydrogens is 318 g/mol. The molecule has 0 radical (unpaired) electrons. The SMILES string of the molecule is O=C(COC(=O)C(F)(F)S)OC12CC3CC(C1)C(=O)C(C3)C2. The van der Waals surface area contributed by atoms with Crippen LogP contribution in [0.1, 0.15) is 32.1 Å². The molecule has 4 aliphatic carbocycles. The lowest BCUT2D eigenvalue weighted by molar-refractivity contribution is -0.195. The summed E-state index contributed by atoms with van der Waals surface area (Å²) in [4.78, 5) is 34.7. The van der Waals surface area contributed by atoms with Gasteiger partial charge >= 0.3 is 17.2 Å². The molecule has 0 aromatic carbocycles. The summed E-state index contributed by atoms with van der Waals surface area (Å²) in [6.45, 7) is -0.870. The molecule has 0 aromatic rings. The first-order valence-corrected chi connectivity index (χ1v) is 7.66. The Morgan fingerprint density at radius 2 is 1.82 bits per heavy atom. The van der Waals surface area contributed by atoms with Crippen molar-refractivity contribution in [1.29, 1.82) is 0 Å². The van der Waals surface area contributed by atoms with Gasteiger partial charge in [-0.2, -0.15) is 8.78 Å². The van der Waals surface area contributed by atoms with Crippen molar-refractivity contribution < 1.29 is 32.6 Å². The van der Waals surface area contributed by atoms with E-state index < -0.39 is 29.4 Å². The normalized spacial score (nSPS) is 36.3. The molecule has 4 saturated carbocycles. The van der Waals surface area contributed by atoms with E-state index in [0.29, 0.717) is 25.2 Å². The molecule has 0 heterocycles. The molecule has 5 nitrogen and oxygen atoms in total. The Kier molecular flexibility index (Phi) is 3.70. The second-order valence-electron chi connectivity index (χ2n) is 6.52. The van der Waals surface area contributed by atoms with Crippen molar-refractivity contribution in [2.75, 3.05) is 6.61 Å². The summed E-state index contributed by atoms with van der Waals surface area (Å²) in [6, 6.07) is 0. The van der Waals surface area contributed by atoms with Crippen molar-refractivity contribution in [2.45, 2.75) is 43.0 Å². The fourth-order valence-electron chi connectivity index (χ4n) is 4.28. The van der Waals surface area contributed by atoms with Gasteiger partial charge in [0.15, 0.2) is 6.61 Å². The van der Waals surface area contributed by atoms with Gasteiger partial charge in [0.05, 0.1) is 0 Å². The van der Waals surface area contributed by atoms with E-state index in [1.165, 1.54) is 0 Å². The van der Waals surface area contributed by atoms with E-state index in [9.17, 15) is 23.2 Å². The molecule has 4 fully saturated rings. The number of hydrogen-bond donors (Lipinski definition) is 1. The molecule has 2 atom stereocenters. The number of alkyl halides is 2. The highest BCUT2D eigenvalue weighted by Gasteiger charge is 2.57. The third-order valence-corrected chi connectivity index (χ3v) is 5.02. The summed E-state index contributed by atoms with van der Waals surface area (Å²) in [7, 11) is 0. The zero-order valence-electron chi connectivity index (χ0n) is 11.7. The van der Waals surface area contributed by atoms with Crippen LogP contribution >= 0.6 is 12.6 Å². The maximum atomic E-state index is 12.5. The molecule has 0 saturated heterocycles. The molecule has 4 aliphatic rings. The highest BCUT2D eigenvalue weighted by Crippen LogP contribution is 2.55. The van der Waals surface area contributed by atoms with Gasteiger partial charge in [-0.05, 0) is 38.0 Å². The van der Waals surface area contributed by atoms with E-state index in [4.69, 9.17) is 4.74 Å². The zero-order chi connectivity index (χ0) is 16.1. The van der Waals surface area contributed by atoms with Crippen LogP contribution in [0.5, 0.6) is 0 Å². The summed E-state index contributed by atoms with van der Waals surface area (Å²) >= 11 is 2.77. The Morgan fingerprint density at radius 3 is 2.36 bits per heavy atom. The Labute approximate surface area is 131 Å². The molecule has 0 aromatic heterocycles. The highest BCUT2D eigenvalue weighted by molar-refractivity contribution is 7.82. The molecule has 0 amide bonds. The van der Waals surface area contributed by atoms with Crippen molar-refractivity contribution in [1.82, 2.24) is 0 Å². The van der Waals surface area contributed by atoms with E-state index in [0.717, 1.165) is 12.8 Å². The highest BCUT2D eigenvalue weighted by atomic mass is 32.1. The van der Waals surface area contributed by atoms with Gasteiger partial charge < -0.3 is 9.47 Å². The van der Waals surface area contributed by atoms with Crippen LogP contribution in [0.3, 0.4) is 0 Å². The van der Waals surface area contributed by atoms with Gasteiger partial charge in [-0.15, -0.1) is 0 Å². The molecule has 8 heteroatoms. The number of esters is 2. The molecule has 22 heavy (non-hydrogen) atoms. The molecule has 2 unspecified atom stereocenters. The van der Waals surface area contributed by atoms with Gasteiger partial charge in [-0.25, -0.2) is 9.59 Å². The molecular formula is C14H16F2O5S. The standard InChI is InChI=1S/C14H16F2O5S/c15-14(16,22)12(19)20-6-10(17)21-13-3-7-1-8(4-13)11(18)9(2-7)5-13/h7-9,22H,1-6H2. The minimum absolute atomic E-state index is 0.0663. The van der Waals surface area contributed by atoms with Gasteiger partial charge in [0.2, 0.25) is 0 Å². The minimum atomic E-state index is -3.94. The van der Waals surface area contributed by atoms with Crippen LogP contribution in [-0.4, -0.2) is 35.2 Å². The Balaban J connectivity index is 1.58. The number of hydrogen-bond acceptors (Lipinski definition) is 6. The average Bonchev–Trinajstić information content (AvgIpc) is 2.39. The average molecular weight is 334 g/mol. The number of ether oxygens (including phenoxy) is 2. The van der Waals surface area contributed by atoms with Crippen LogP contribution in [0.25, 0.3) is 0 Å². The lowest BCUT2D eigenvalue weighted by atomic mass is 9.53. The largest absolute Gasteiger partial charge is 0.456 e. The smallest absolute Gasteiger partial charge is 0.388 e. The Bertz CT molecular complexity index is 512. The third-order valence-electron chi connectivity index (χ3n) is 4.83. The van der Waals surface area contributed by atoms with E-state index in [2.05, 4.69) is 17.4 Å². The number of halogens is 2. The lowest BCUT2D eigenvalue weighted by Gasteiger charge is -2.54. The van der Waals surface area contributed by atoms with Crippen LogP contribution in [0, 0.1) is 17.8 Å². The first-order valence-electron chi connectivity index (χ1n) is 7.21. The Hall–Kier alpha value is -1.18. The van der Waals surface area contributed by atoms with Crippen LogP contribution < -0.4 is 0 Å². The van der Waals surface area contributed by atoms with Crippen molar-refractivity contribution in [3.63, 3.8) is 0 Å². The van der Waals surface area contributed by atoms with Crippen molar-refractivity contribution >= 4 is 30.4 Å². The molecule has 0 aliphatic heterocycles. The van der Waals surface area contributed by atoms with Crippen LogP contribution in [0.2, 0.25) is 0 Å². The molecule has 4 bridgehead atoms. The maximum Gasteiger partial charge on any atom is 0.388 e. The second kappa shape index (κ2) is 5.18. The minimum Gasteiger partial charge on any atom is -0.456 e. The first kappa shape index (κ1) is 15.7. The van der Waals surface area contributed by atoms with Crippen LogP contribution in [-0.2, 0) is 23.9 Å². The fraction of sp³-hybridized carbons (Fsp3) is 0.786. The number of Topliss-reactive ketones (excluding diaryl/α,β-unsaturated/α-hetero) is 1. The van der Waals surface area contributed by atoms with E-state index in [-0.39, 0.29) is 17.6 Å². The quantitative estimate of drug-likeness (QED) is 0.626. The van der Waals surface area contributed by atoms with Gasteiger partial charge in [-0.3, -0.25) is 4.79 Å². The predicted octanol–water partition coefficient (Wildman–Crippen LogP) is 1.74. The van der Waals surface area contributed by atoms with Crippen molar-refractivity contribution in [2.24, 2.45) is 17.8 Å². The fourth-order valence-corrected chi connectivity index (χ4v) is 4.35. The van der Waals surface area contributed by atoms with Gasteiger partial charge in [0.1, 0.15) is 11.4 Å². The van der Waals surface area contributed by atoms with Crippen LogP contribution in [0.15, 0.2) is 0 Å². The maximum absolute atomic E-state index is 12.5. The molecule has 0 spiro atoms. The topological polar surface area (TPSA) is 69.7 Å². The van der Waals surface area contributed by atoms with Crippen molar-refractivity contribution in [3.05, 3.63) is 0 Å². The van der Waals surface area contributed by atoms with E-state index in [1.54, 1.807) is 0 Å². The Morgan fingerprint density at radius 1 is 1.23 bits per heavy atom. The lowest BCUT2D eigenvalue weighted by Crippen LogP contribution is -2.57. The van der Waals surface area contributed by atoms with Gasteiger partial charge in [0, 0.05) is 11.8 Å². The molecule has 122 valence electrons. The molecule has 0 N–H and O–H groups in total. The number of thiol groups is 1. The van der Waals surface area contributed by atoms with Crippen molar-refractivity contribution in [3.8, 4) is 0 Å². The summed E-state index contributed by atoms with van der Waals surface area (Å²) in [5, 5.41) is -3.94. The van der Waals surface area contributed by atoms with Gasteiger partial charge in [0.25, 0.3) is 0 Å². The summed E-state index contributed by atoms with van der Waals surface area (Å²) in [5.74, 6) is -2.25. The number of rotatable bonds is 4. The monoisotopic (exact) mass is 334 g/mol. The zero-order valence-corrected chi connectivity index (χ0v) is 12.6. The summed E-state index contributed by atoms with van der Waals surface area (Å²) < 4.78 is 34.7. The first-order chi connectivity index (χ1) is 10.2. The number of ketones is 1. The third kappa shape index (κ3) is 2.85. The van der Waals surface area contributed by atoms with E-state index >= 15 is 0 Å². The second-order valence-corrected chi connectivity index (χ2v) is 7.08. The predicted molar refractivity (Wildman–Crippen MR) is 72.3 cm³/mol. The summed E-state index contributed by atoms with van der Waals surface area (Å²) in [6.07, 6.45) is 3.35. The van der Waals surface area contributed by atoms with Crippen LogP contribution in [0.4, 0.5) is 8.78 Å². The molecule has 4 rings (SSSR count). The van der Waals surface area contributed by atoms with E-state index in [1.807, 2.05) is 0 Å². The number of carbonyl (C=O) groups excluding carboxylic acids is 3.